The van der Waals surface area contributed by atoms with E-state index in [2.05, 4.69) is 77.7 Å². The molecule has 0 spiro atoms. The molecular weight excluding hydrogens is 874 g/mol. The molecule has 0 bridgehead atoms. The van der Waals surface area contributed by atoms with Crippen LogP contribution in [0.15, 0.2) is 24.3 Å². The summed E-state index contributed by atoms with van der Waals surface area (Å²) in [6.07, 6.45) is 56.5. The smallest absolute Gasteiger partial charge is 0.490 e. The Morgan fingerprint density at radius 2 is 0.634 bits per heavy atom. The van der Waals surface area contributed by atoms with Gasteiger partial charge in [-0.3, -0.25) is 0 Å². The van der Waals surface area contributed by atoms with Gasteiger partial charge in [0.25, 0.3) is 0 Å². The quantitative estimate of drug-likeness (QED) is 0.0529. The van der Waals surface area contributed by atoms with Crippen LogP contribution in [0.5, 0.6) is 17.2 Å². The van der Waals surface area contributed by atoms with Crippen LogP contribution in [0.2, 0.25) is 0 Å². The Labute approximate surface area is 441 Å². The fraction of sp³-hybridized carbons (Fsp3) is 0.844. The van der Waals surface area contributed by atoms with Gasteiger partial charge in [0.15, 0.2) is 11.5 Å². The Morgan fingerprint density at radius 3 is 0.930 bits per heavy atom. The van der Waals surface area contributed by atoms with Gasteiger partial charge in [-0.15, -0.1) is 0 Å². The molecule has 1 fully saturated rings. The highest BCUT2D eigenvalue weighted by molar-refractivity contribution is 6.61. The first kappa shape index (κ1) is 63.2. The minimum atomic E-state index is -0.450. The van der Waals surface area contributed by atoms with Crippen molar-refractivity contribution in [1.82, 2.24) is 4.98 Å². The molecule has 0 aliphatic carbocycles. The summed E-state index contributed by atoms with van der Waals surface area (Å²) < 4.78 is 33.1. The number of H-pyrrole nitrogens is 1. The van der Waals surface area contributed by atoms with Gasteiger partial charge in [0.05, 0.1) is 31.0 Å². The molecule has 0 unspecified atom stereocenters. The number of rotatable bonds is 50. The summed E-state index contributed by atoms with van der Waals surface area (Å²) in [5.41, 5.74) is 2.14. The van der Waals surface area contributed by atoms with Gasteiger partial charge in [0.1, 0.15) is 0 Å². The number of benzene rings is 1. The zero-order chi connectivity index (χ0) is 50.9. The van der Waals surface area contributed by atoms with E-state index in [-0.39, 0.29) is 0 Å². The first-order valence-electron chi connectivity index (χ1n) is 31.3. The van der Waals surface area contributed by atoms with E-state index in [1.54, 1.807) is 0 Å². The van der Waals surface area contributed by atoms with Crippen molar-refractivity contribution in [3.63, 3.8) is 0 Å². The Bertz CT molecular complexity index is 1450. The maximum absolute atomic E-state index is 6.75. The van der Waals surface area contributed by atoms with E-state index in [0.717, 1.165) is 53.4 Å². The van der Waals surface area contributed by atoms with E-state index in [4.69, 9.17) is 23.5 Å². The Balaban J connectivity index is 1.59. The molecule has 7 heteroatoms. The topological polar surface area (TPSA) is 61.9 Å². The maximum atomic E-state index is 6.75. The largest absolute Gasteiger partial charge is 0.512 e. The third kappa shape index (κ3) is 29.0. The van der Waals surface area contributed by atoms with Crippen molar-refractivity contribution < 1.29 is 23.5 Å². The average Bonchev–Trinajstić information content (AvgIpc) is 3.94. The number of aromatic amines is 1. The van der Waals surface area contributed by atoms with Crippen molar-refractivity contribution >= 4 is 12.7 Å². The molecule has 1 aliphatic heterocycles. The monoisotopic (exact) mass is 990 g/mol. The van der Waals surface area contributed by atoms with Crippen molar-refractivity contribution in [2.75, 3.05) is 19.8 Å². The predicted molar refractivity (Wildman–Crippen MR) is 309 cm³/mol. The van der Waals surface area contributed by atoms with Crippen molar-refractivity contribution in [3.05, 3.63) is 24.3 Å². The molecule has 0 atom stereocenters. The fourth-order valence-corrected chi connectivity index (χ4v) is 10.2. The van der Waals surface area contributed by atoms with Crippen LogP contribution in [-0.2, 0) is 9.31 Å². The van der Waals surface area contributed by atoms with Crippen molar-refractivity contribution in [2.45, 2.75) is 329 Å². The van der Waals surface area contributed by atoms with E-state index in [0.29, 0.717) is 19.8 Å². The first-order valence-corrected chi connectivity index (χ1v) is 31.3. The molecule has 1 aromatic carbocycles. The van der Waals surface area contributed by atoms with Crippen LogP contribution in [0.3, 0.4) is 0 Å². The summed E-state index contributed by atoms with van der Waals surface area (Å²) >= 11 is 0. The minimum absolute atomic E-state index is 0.405. The van der Waals surface area contributed by atoms with E-state index < -0.39 is 18.3 Å². The second-order valence-electron chi connectivity index (χ2n) is 23.1. The van der Waals surface area contributed by atoms with Gasteiger partial charge in [-0.1, -0.05) is 271 Å². The van der Waals surface area contributed by atoms with Crippen LogP contribution in [0.25, 0.3) is 11.3 Å². The Morgan fingerprint density at radius 1 is 0.366 bits per heavy atom. The summed E-state index contributed by atoms with van der Waals surface area (Å²) in [6, 6.07) is 8.58. The zero-order valence-corrected chi connectivity index (χ0v) is 48.2. The van der Waals surface area contributed by atoms with Crippen LogP contribution >= 0.6 is 0 Å². The summed E-state index contributed by atoms with van der Waals surface area (Å²) in [6.45, 7) is 17.4. The summed E-state index contributed by atoms with van der Waals surface area (Å²) in [4.78, 5) is 3.66. The number of aromatic nitrogens is 1. The lowest BCUT2D eigenvalue weighted by Crippen LogP contribution is -2.41. The molecule has 71 heavy (non-hydrogen) atoms. The van der Waals surface area contributed by atoms with Crippen LogP contribution in [0, 0.1) is 0 Å². The molecule has 0 amide bonds. The predicted octanol–water partition coefficient (Wildman–Crippen LogP) is 20.6. The van der Waals surface area contributed by atoms with Gasteiger partial charge in [-0.25, -0.2) is 0 Å². The molecule has 1 aromatic heterocycles. The highest BCUT2D eigenvalue weighted by Crippen LogP contribution is 2.43. The molecule has 1 aliphatic rings. The number of hydrogen-bond donors (Lipinski definition) is 1. The van der Waals surface area contributed by atoms with Gasteiger partial charge in [-0.2, -0.15) is 0 Å². The third-order valence-electron chi connectivity index (χ3n) is 15.8. The third-order valence-corrected chi connectivity index (χ3v) is 15.8. The molecular formula is C64H116BNO5. The highest BCUT2D eigenvalue weighted by atomic mass is 16.7. The molecule has 6 nitrogen and oxygen atoms in total. The zero-order valence-electron chi connectivity index (χ0n) is 48.2. The Kier molecular flexibility index (Phi) is 36.6. The number of ether oxygens (including phenoxy) is 3. The van der Waals surface area contributed by atoms with Crippen LogP contribution < -0.4 is 19.8 Å². The number of nitrogens with one attached hydrogen (secondary N) is 1. The number of unbranched alkanes of at least 4 members (excludes halogenated alkanes) is 39. The second-order valence-corrected chi connectivity index (χ2v) is 23.1. The molecule has 2 aromatic rings. The molecule has 410 valence electrons. The van der Waals surface area contributed by atoms with Gasteiger partial charge < -0.3 is 28.5 Å². The van der Waals surface area contributed by atoms with Crippen molar-refractivity contribution in [2.24, 2.45) is 0 Å². The van der Waals surface area contributed by atoms with Crippen LogP contribution in [0.1, 0.15) is 318 Å². The molecule has 0 radical (unpaired) electrons. The van der Waals surface area contributed by atoms with Gasteiger partial charge >= 0.3 is 7.12 Å². The van der Waals surface area contributed by atoms with Crippen molar-refractivity contribution in [3.8, 4) is 28.5 Å². The van der Waals surface area contributed by atoms with Crippen LogP contribution in [-0.4, -0.2) is 43.1 Å². The first-order chi connectivity index (χ1) is 34.7. The average molecular weight is 990 g/mol. The number of hydrogen-bond acceptors (Lipinski definition) is 5. The highest BCUT2D eigenvalue weighted by Gasteiger charge is 2.52. The SMILES string of the molecule is CCCCCCCCCCCCCCCCOc1cc(-c2ccc(B3OC(C)(C)C(C)(C)O3)[nH]2)cc(OCCCCCCCCCCCCCCCC)c1OCCCCCCCCCCCCCCCC. The maximum Gasteiger partial charge on any atom is 0.512 e. The van der Waals surface area contributed by atoms with E-state index in [1.807, 2.05) is 0 Å². The molecule has 0 saturated carbocycles. The summed E-state index contributed by atoms with van der Waals surface area (Å²) in [5, 5.41) is 0. The lowest BCUT2D eigenvalue weighted by molar-refractivity contribution is 0.00578. The van der Waals surface area contributed by atoms with Gasteiger partial charge in [-0.05, 0) is 71.2 Å². The van der Waals surface area contributed by atoms with Crippen LogP contribution in [0.4, 0.5) is 0 Å². The second kappa shape index (κ2) is 41.2. The van der Waals surface area contributed by atoms with Gasteiger partial charge in [0, 0.05) is 16.9 Å². The molecule has 1 N–H and O–H groups in total. The Hall–Kier alpha value is -2.12. The molecule has 1 saturated heterocycles. The summed E-state index contributed by atoms with van der Waals surface area (Å²) in [5.74, 6) is 2.37. The fourth-order valence-electron chi connectivity index (χ4n) is 10.2. The molecule has 2 heterocycles. The lowest BCUT2D eigenvalue weighted by atomic mass is 9.85. The van der Waals surface area contributed by atoms with E-state index >= 15 is 0 Å². The van der Waals surface area contributed by atoms with Crippen molar-refractivity contribution in [1.29, 1.82) is 0 Å². The molecule has 3 rings (SSSR count). The summed E-state index contributed by atoms with van der Waals surface area (Å²) in [7, 11) is -0.450. The van der Waals surface area contributed by atoms with E-state index in [9.17, 15) is 0 Å². The lowest BCUT2D eigenvalue weighted by Gasteiger charge is -2.32. The standard InChI is InChI=1S/C64H116BNO5/c1-8-11-14-17-20-23-26-29-32-35-38-41-44-47-52-67-59-55-57(58-50-51-61(66-58)65-70-63(4,5)64(6,7)71-65)56-60(68-53-48-45-42-39-36-33-30-27-24-21-18-15-12-9-2)62(59)69-54-49-46-43-40-37-34-31-28-25-22-19-16-13-10-3/h50-51,55-56,66H,8-49,52-54H2,1-7H3. The van der Waals surface area contributed by atoms with E-state index in [1.165, 1.54) is 250 Å². The minimum Gasteiger partial charge on any atom is -0.490 e. The normalized spacial score (nSPS) is 14.2. The van der Waals surface area contributed by atoms with Gasteiger partial charge in [0.2, 0.25) is 5.75 Å².